The molecule has 16 heavy (non-hydrogen) atoms. The first-order valence-electron chi connectivity index (χ1n) is 5.06. The number of oxime groups is 1. The van der Waals surface area contributed by atoms with Crippen molar-refractivity contribution in [2.45, 2.75) is 13.8 Å². The van der Waals surface area contributed by atoms with Crippen LogP contribution in [0.1, 0.15) is 21.6 Å². The first-order valence-corrected chi connectivity index (χ1v) is 5.94. The summed E-state index contributed by atoms with van der Waals surface area (Å²) in [6.45, 7) is 4.05. The van der Waals surface area contributed by atoms with Gasteiger partial charge in [-0.2, -0.15) is 0 Å². The zero-order valence-corrected chi connectivity index (χ0v) is 10.1. The van der Waals surface area contributed by atoms with E-state index in [0.717, 1.165) is 16.0 Å². The number of hydrogen-bond acceptors (Lipinski definition) is 3. The highest BCUT2D eigenvalue weighted by Gasteiger charge is 2.11. The Morgan fingerprint density at radius 3 is 2.56 bits per heavy atom. The fourth-order valence-corrected chi connectivity index (χ4v) is 2.53. The second-order valence-corrected chi connectivity index (χ2v) is 4.66. The molecule has 0 saturated heterocycles. The van der Waals surface area contributed by atoms with E-state index in [1.54, 1.807) is 11.3 Å². The standard InChI is InChI=1S/C13H13NOS/c1-9-7-12(16-8-9)13(14-15)11-6-4-3-5-10(11)2/h3-8,15H,1-2H3/b14-13+. The van der Waals surface area contributed by atoms with Crippen LogP contribution in [0.5, 0.6) is 0 Å². The SMILES string of the molecule is Cc1csc(/C(=N/O)c2ccccc2C)c1. The summed E-state index contributed by atoms with van der Waals surface area (Å²) in [6, 6.07) is 9.95. The van der Waals surface area contributed by atoms with E-state index in [-0.39, 0.29) is 0 Å². The van der Waals surface area contributed by atoms with Crippen LogP contribution in [0.25, 0.3) is 0 Å². The average molecular weight is 231 g/mol. The van der Waals surface area contributed by atoms with Gasteiger partial charge < -0.3 is 5.21 Å². The van der Waals surface area contributed by atoms with Crippen molar-refractivity contribution in [3.05, 3.63) is 57.3 Å². The first-order chi connectivity index (χ1) is 7.72. The van der Waals surface area contributed by atoms with Gasteiger partial charge in [-0.05, 0) is 36.4 Å². The number of rotatable bonds is 2. The molecule has 2 aromatic rings. The molecule has 0 saturated carbocycles. The summed E-state index contributed by atoms with van der Waals surface area (Å²) in [4.78, 5) is 0.995. The van der Waals surface area contributed by atoms with Gasteiger partial charge in [-0.1, -0.05) is 29.4 Å². The Morgan fingerprint density at radius 1 is 1.25 bits per heavy atom. The lowest BCUT2D eigenvalue weighted by Gasteiger charge is -2.05. The predicted molar refractivity (Wildman–Crippen MR) is 67.7 cm³/mol. The summed E-state index contributed by atoms with van der Waals surface area (Å²) in [5, 5.41) is 14.6. The maximum Gasteiger partial charge on any atom is 0.127 e. The number of hydrogen-bond donors (Lipinski definition) is 1. The van der Waals surface area contributed by atoms with Crippen molar-refractivity contribution >= 4 is 17.0 Å². The molecule has 0 atom stereocenters. The Hall–Kier alpha value is -1.61. The minimum atomic E-state index is 0.649. The smallest absolute Gasteiger partial charge is 0.127 e. The van der Waals surface area contributed by atoms with E-state index in [9.17, 15) is 0 Å². The van der Waals surface area contributed by atoms with E-state index in [1.165, 1.54) is 5.56 Å². The van der Waals surface area contributed by atoms with Crippen molar-refractivity contribution in [3.63, 3.8) is 0 Å². The van der Waals surface area contributed by atoms with Crippen molar-refractivity contribution in [2.75, 3.05) is 0 Å². The Bertz CT molecular complexity index is 528. The summed E-state index contributed by atoms with van der Waals surface area (Å²) in [6.07, 6.45) is 0. The molecule has 1 N–H and O–H groups in total. The van der Waals surface area contributed by atoms with E-state index in [4.69, 9.17) is 5.21 Å². The van der Waals surface area contributed by atoms with Crippen molar-refractivity contribution in [2.24, 2.45) is 5.16 Å². The van der Waals surface area contributed by atoms with Crippen LogP contribution in [0.2, 0.25) is 0 Å². The molecule has 3 heteroatoms. The summed E-state index contributed by atoms with van der Waals surface area (Å²) in [7, 11) is 0. The third-order valence-electron chi connectivity index (χ3n) is 2.46. The molecule has 2 rings (SSSR count). The van der Waals surface area contributed by atoms with Gasteiger partial charge in [-0.25, -0.2) is 0 Å². The quantitative estimate of drug-likeness (QED) is 0.478. The topological polar surface area (TPSA) is 32.6 Å². The second-order valence-electron chi connectivity index (χ2n) is 3.75. The molecule has 0 amide bonds. The number of nitrogens with zero attached hydrogens (tertiary/aromatic N) is 1. The molecule has 82 valence electrons. The number of benzene rings is 1. The van der Waals surface area contributed by atoms with Crippen LogP contribution in [0.15, 0.2) is 40.9 Å². The van der Waals surface area contributed by atoms with Crippen LogP contribution >= 0.6 is 11.3 Å². The molecule has 0 bridgehead atoms. The predicted octanol–water partition coefficient (Wildman–Crippen LogP) is 3.59. The van der Waals surface area contributed by atoms with Gasteiger partial charge in [-0.3, -0.25) is 0 Å². The van der Waals surface area contributed by atoms with Crippen molar-refractivity contribution in [3.8, 4) is 0 Å². The van der Waals surface area contributed by atoms with Crippen molar-refractivity contribution in [1.82, 2.24) is 0 Å². The summed E-state index contributed by atoms with van der Waals surface area (Å²) >= 11 is 1.59. The number of thiophene rings is 1. The molecular weight excluding hydrogens is 218 g/mol. The highest BCUT2D eigenvalue weighted by molar-refractivity contribution is 7.12. The number of aryl methyl sites for hydroxylation is 2. The minimum absolute atomic E-state index is 0.649. The lowest BCUT2D eigenvalue weighted by atomic mass is 10.0. The molecule has 0 aliphatic heterocycles. The van der Waals surface area contributed by atoms with Crippen LogP contribution in [0.4, 0.5) is 0 Å². The zero-order chi connectivity index (χ0) is 11.5. The van der Waals surface area contributed by atoms with Crippen LogP contribution in [0.3, 0.4) is 0 Å². The van der Waals surface area contributed by atoms with Gasteiger partial charge in [0.2, 0.25) is 0 Å². The van der Waals surface area contributed by atoms with E-state index >= 15 is 0 Å². The molecule has 1 heterocycles. The van der Waals surface area contributed by atoms with Crippen molar-refractivity contribution < 1.29 is 5.21 Å². The molecule has 0 aliphatic rings. The second kappa shape index (κ2) is 4.49. The molecule has 2 nitrogen and oxygen atoms in total. The van der Waals surface area contributed by atoms with E-state index in [2.05, 4.69) is 10.5 Å². The van der Waals surface area contributed by atoms with Crippen LogP contribution in [-0.4, -0.2) is 10.9 Å². The van der Waals surface area contributed by atoms with Crippen molar-refractivity contribution in [1.29, 1.82) is 0 Å². The Labute approximate surface area is 98.9 Å². The van der Waals surface area contributed by atoms with Gasteiger partial charge in [-0.15, -0.1) is 11.3 Å². The molecule has 1 aromatic heterocycles. The third kappa shape index (κ3) is 1.99. The Kier molecular flexibility index (Phi) is 3.06. The van der Waals surface area contributed by atoms with Crippen LogP contribution in [0, 0.1) is 13.8 Å². The van der Waals surface area contributed by atoms with Gasteiger partial charge in [0.1, 0.15) is 5.71 Å². The van der Waals surface area contributed by atoms with Gasteiger partial charge in [0, 0.05) is 5.56 Å². The molecule has 0 radical (unpaired) electrons. The first kappa shape index (κ1) is 10.9. The minimum Gasteiger partial charge on any atom is -0.410 e. The Balaban J connectivity index is 2.50. The fraction of sp³-hybridized carbons (Fsp3) is 0.154. The maximum absolute atomic E-state index is 9.16. The summed E-state index contributed by atoms with van der Waals surface area (Å²) in [5.74, 6) is 0. The molecular formula is C13H13NOS. The third-order valence-corrected chi connectivity index (χ3v) is 3.52. The van der Waals surface area contributed by atoms with Gasteiger partial charge in [0.05, 0.1) is 4.88 Å². The fourth-order valence-electron chi connectivity index (χ4n) is 1.63. The lowest BCUT2D eigenvalue weighted by molar-refractivity contribution is 0.319. The van der Waals surface area contributed by atoms with E-state index in [0.29, 0.717) is 5.71 Å². The molecule has 0 aliphatic carbocycles. The van der Waals surface area contributed by atoms with E-state index < -0.39 is 0 Å². The van der Waals surface area contributed by atoms with E-state index in [1.807, 2.05) is 44.2 Å². The Morgan fingerprint density at radius 2 is 2.00 bits per heavy atom. The molecule has 0 fully saturated rings. The van der Waals surface area contributed by atoms with Crippen LogP contribution in [-0.2, 0) is 0 Å². The maximum atomic E-state index is 9.16. The highest BCUT2D eigenvalue weighted by Crippen LogP contribution is 2.20. The largest absolute Gasteiger partial charge is 0.410 e. The van der Waals surface area contributed by atoms with Gasteiger partial charge in [0.25, 0.3) is 0 Å². The lowest BCUT2D eigenvalue weighted by Crippen LogP contribution is -2.03. The van der Waals surface area contributed by atoms with Gasteiger partial charge in [0.15, 0.2) is 0 Å². The molecule has 0 unspecified atom stereocenters. The highest BCUT2D eigenvalue weighted by atomic mass is 32.1. The van der Waals surface area contributed by atoms with Crippen LogP contribution < -0.4 is 0 Å². The summed E-state index contributed by atoms with van der Waals surface area (Å²) in [5.41, 5.74) is 3.93. The zero-order valence-electron chi connectivity index (χ0n) is 9.27. The monoisotopic (exact) mass is 231 g/mol. The normalized spacial score (nSPS) is 11.8. The van der Waals surface area contributed by atoms with Gasteiger partial charge >= 0.3 is 0 Å². The summed E-state index contributed by atoms with van der Waals surface area (Å²) < 4.78 is 0. The average Bonchev–Trinajstić information content (AvgIpc) is 2.69. The molecule has 1 aromatic carbocycles. The molecule has 0 spiro atoms.